The molecule has 0 saturated heterocycles. The van der Waals surface area contributed by atoms with Crippen molar-refractivity contribution < 1.29 is 0 Å². The molecule has 0 aromatic carbocycles. The normalized spacial score (nSPS) is 11.5. The molecule has 0 saturated carbocycles. The Balaban J connectivity index is 1.60. The van der Waals surface area contributed by atoms with Crippen molar-refractivity contribution in [1.82, 2.24) is 34.3 Å². The number of rotatable bonds is 9. The Bertz CT molecular complexity index is 1250. The number of aromatic nitrogens is 7. The number of nitrogens with zero attached hydrogens (tertiary/aromatic N) is 5. The quantitative estimate of drug-likeness (QED) is 0.383. The van der Waals surface area contributed by atoms with E-state index in [4.69, 9.17) is 0 Å². The van der Waals surface area contributed by atoms with Gasteiger partial charge in [0, 0.05) is 24.4 Å². The lowest BCUT2D eigenvalue weighted by Crippen LogP contribution is -2.31. The lowest BCUT2D eigenvalue weighted by Gasteiger charge is -2.06. The van der Waals surface area contributed by atoms with Crippen molar-refractivity contribution in [3.63, 3.8) is 0 Å². The highest BCUT2D eigenvalue weighted by Gasteiger charge is 2.18. The van der Waals surface area contributed by atoms with Crippen LogP contribution in [0.25, 0.3) is 11.2 Å². The Morgan fingerprint density at radius 3 is 2.80 bits per heavy atom. The molecule has 0 radical (unpaired) electrons. The Morgan fingerprint density at radius 2 is 2.07 bits per heavy atom. The van der Waals surface area contributed by atoms with E-state index < -0.39 is 11.2 Å². The summed E-state index contributed by atoms with van der Waals surface area (Å²) in [4.78, 5) is 37.7. The first kappa shape index (κ1) is 20.6. The standard InChI is InChI=1S/C19H23N7O2S2/c1-3-5-8-26-16-15(17(27)22-19(26)28)25(4-2)14(21-16)11-30-18-20-13(23-24-18)10-12-7-6-9-29-12/h6-7,9H,3-5,8,10-11H2,1-2H3,(H,20,23,24)(H,22,27,28). The van der Waals surface area contributed by atoms with E-state index in [-0.39, 0.29) is 0 Å². The van der Waals surface area contributed by atoms with Crippen LogP contribution in [0.3, 0.4) is 0 Å². The molecule has 0 atom stereocenters. The van der Waals surface area contributed by atoms with Crippen molar-refractivity contribution in [3.8, 4) is 0 Å². The van der Waals surface area contributed by atoms with Crippen LogP contribution in [0.4, 0.5) is 0 Å². The van der Waals surface area contributed by atoms with E-state index in [0.717, 1.165) is 30.9 Å². The van der Waals surface area contributed by atoms with Crippen molar-refractivity contribution >= 4 is 34.3 Å². The smallest absolute Gasteiger partial charge is 0.322 e. The van der Waals surface area contributed by atoms with E-state index in [0.29, 0.717) is 35.2 Å². The van der Waals surface area contributed by atoms with Crippen LogP contribution >= 0.6 is 23.1 Å². The molecule has 4 heterocycles. The molecule has 0 unspecified atom stereocenters. The van der Waals surface area contributed by atoms with Crippen LogP contribution in [-0.4, -0.2) is 34.3 Å². The van der Waals surface area contributed by atoms with Crippen LogP contribution < -0.4 is 11.2 Å². The average Bonchev–Trinajstić information content (AvgIpc) is 3.46. The minimum Gasteiger partial charge on any atom is -0.322 e. The van der Waals surface area contributed by atoms with Crippen LogP contribution in [0.2, 0.25) is 0 Å². The van der Waals surface area contributed by atoms with Gasteiger partial charge in [-0.15, -0.1) is 16.4 Å². The van der Waals surface area contributed by atoms with Crippen LogP contribution in [0.15, 0.2) is 32.3 Å². The lowest BCUT2D eigenvalue weighted by atomic mass is 10.3. The van der Waals surface area contributed by atoms with E-state index in [1.807, 2.05) is 22.9 Å². The van der Waals surface area contributed by atoms with Crippen molar-refractivity contribution in [3.05, 3.63) is 54.9 Å². The largest absolute Gasteiger partial charge is 0.330 e. The number of nitrogens with one attached hydrogen (secondary N) is 2. The second kappa shape index (κ2) is 9.00. The summed E-state index contributed by atoms with van der Waals surface area (Å²) >= 11 is 3.14. The predicted molar refractivity (Wildman–Crippen MR) is 118 cm³/mol. The molecule has 30 heavy (non-hydrogen) atoms. The zero-order valence-corrected chi connectivity index (χ0v) is 18.5. The summed E-state index contributed by atoms with van der Waals surface area (Å²) in [5.41, 5.74) is 0.0813. The highest BCUT2D eigenvalue weighted by atomic mass is 32.2. The predicted octanol–water partition coefficient (Wildman–Crippen LogP) is 2.77. The first-order valence-corrected chi connectivity index (χ1v) is 11.8. The summed E-state index contributed by atoms with van der Waals surface area (Å²) in [6.45, 7) is 5.13. The SMILES string of the molecule is CCCCn1c(=O)[nH]c(=O)c2c1nc(CSc1n[nH]c(Cc3cccs3)n1)n2CC. The Morgan fingerprint density at radius 1 is 1.20 bits per heavy atom. The second-order valence-corrected chi connectivity index (χ2v) is 8.79. The second-order valence-electron chi connectivity index (χ2n) is 6.82. The molecular weight excluding hydrogens is 422 g/mol. The number of hydrogen-bond acceptors (Lipinski definition) is 7. The van der Waals surface area contributed by atoms with Gasteiger partial charge in [-0.1, -0.05) is 31.2 Å². The maximum atomic E-state index is 12.5. The lowest BCUT2D eigenvalue weighted by molar-refractivity contribution is 0.613. The molecule has 0 aliphatic carbocycles. The first-order valence-electron chi connectivity index (χ1n) is 9.89. The number of thiophene rings is 1. The highest BCUT2D eigenvalue weighted by Crippen LogP contribution is 2.22. The first-order chi connectivity index (χ1) is 14.6. The summed E-state index contributed by atoms with van der Waals surface area (Å²) in [5.74, 6) is 2.04. The molecule has 0 aliphatic rings. The van der Waals surface area contributed by atoms with Gasteiger partial charge in [0.25, 0.3) is 5.56 Å². The molecule has 11 heteroatoms. The van der Waals surface area contributed by atoms with E-state index >= 15 is 0 Å². The highest BCUT2D eigenvalue weighted by molar-refractivity contribution is 7.98. The van der Waals surface area contributed by atoms with Gasteiger partial charge in [-0.05, 0) is 24.8 Å². The van der Waals surface area contributed by atoms with Crippen molar-refractivity contribution in [1.29, 1.82) is 0 Å². The molecule has 0 amide bonds. The van der Waals surface area contributed by atoms with Gasteiger partial charge in [0.15, 0.2) is 11.2 Å². The van der Waals surface area contributed by atoms with Gasteiger partial charge < -0.3 is 4.57 Å². The van der Waals surface area contributed by atoms with Crippen LogP contribution in [0.5, 0.6) is 0 Å². The van der Waals surface area contributed by atoms with Crippen molar-refractivity contribution in [2.75, 3.05) is 0 Å². The molecule has 0 fully saturated rings. The third-order valence-electron chi connectivity index (χ3n) is 4.78. The van der Waals surface area contributed by atoms with E-state index in [1.165, 1.54) is 16.6 Å². The molecule has 0 spiro atoms. The molecule has 4 aromatic heterocycles. The molecular formula is C19H23N7O2S2. The van der Waals surface area contributed by atoms with Crippen molar-refractivity contribution in [2.24, 2.45) is 0 Å². The monoisotopic (exact) mass is 445 g/mol. The van der Waals surface area contributed by atoms with E-state index in [2.05, 4.69) is 38.1 Å². The van der Waals surface area contributed by atoms with Crippen molar-refractivity contribution in [2.45, 2.75) is 57.1 Å². The zero-order valence-electron chi connectivity index (χ0n) is 16.8. The van der Waals surface area contributed by atoms with Crippen LogP contribution in [0.1, 0.15) is 43.2 Å². The minimum atomic E-state index is -0.409. The Labute approximate surface area is 180 Å². The molecule has 4 rings (SSSR count). The number of imidazole rings is 1. The fourth-order valence-electron chi connectivity index (χ4n) is 3.32. The van der Waals surface area contributed by atoms with Gasteiger partial charge in [-0.3, -0.25) is 19.4 Å². The van der Waals surface area contributed by atoms with Gasteiger partial charge in [-0.2, -0.15) is 0 Å². The number of aryl methyl sites for hydroxylation is 2. The van der Waals surface area contributed by atoms with Gasteiger partial charge in [0.05, 0.1) is 5.75 Å². The summed E-state index contributed by atoms with van der Waals surface area (Å²) in [7, 11) is 0. The number of unbranched alkanes of at least 4 members (excludes halogenated alkanes) is 1. The van der Waals surface area contributed by atoms with Crippen LogP contribution in [0, 0.1) is 0 Å². The summed E-state index contributed by atoms with van der Waals surface area (Å²) in [6.07, 6.45) is 2.51. The summed E-state index contributed by atoms with van der Waals surface area (Å²) < 4.78 is 3.43. The molecule has 158 valence electrons. The minimum absolute atomic E-state index is 0.399. The third-order valence-corrected chi connectivity index (χ3v) is 6.50. The average molecular weight is 446 g/mol. The third kappa shape index (κ3) is 4.12. The van der Waals surface area contributed by atoms with Crippen LogP contribution in [-0.2, 0) is 25.3 Å². The Hall–Kier alpha value is -2.66. The molecule has 0 aliphatic heterocycles. The van der Waals surface area contributed by atoms with Gasteiger partial charge in [0.2, 0.25) is 5.16 Å². The fourth-order valence-corrected chi connectivity index (χ4v) is 4.79. The molecule has 2 N–H and O–H groups in total. The van der Waals surface area contributed by atoms with E-state index in [9.17, 15) is 9.59 Å². The number of fused-ring (bicyclic) bond motifs is 1. The topological polar surface area (TPSA) is 114 Å². The van der Waals surface area contributed by atoms with Gasteiger partial charge >= 0.3 is 5.69 Å². The number of hydrogen-bond donors (Lipinski definition) is 2. The zero-order chi connectivity index (χ0) is 21.1. The van der Waals surface area contributed by atoms with Gasteiger partial charge in [-0.25, -0.2) is 14.8 Å². The maximum Gasteiger partial charge on any atom is 0.330 e. The number of H-pyrrole nitrogens is 2. The van der Waals surface area contributed by atoms with Gasteiger partial charge in [0.1, 0.15) is 11.6 Å². The summed E-state index contributed by atoms with van der Waals surface area (Å²) in [6, 6.07) is 4.09. The van der Waals surface area contributed by atoms with E-state index in [1.54, 1.807) is 15.9 Å². The number of aromatic amines is 2. The maximum absolute atomic E-state index is 12.5. The molecule has 0 bridgehead atoms. The molecule has 9 nitrogen and oxygen atoms in total. The fraction of sp³-hybridized carbons (Fsp3) is 0.421. The summed E-state index contributed by atoms with van der Waals surface area (Å²) in [5, 5.41) is 9.94. The molecule has 4 aromatic rings. The Kier molecular flexibility index (Phi) is 6.18. The number of thioether (sulfide) groups is 1.